The zero-order valence-electron chi connectivity index (χ0n) is 12.3. The summed E-state index contributed by atoms with van der Waals surface area (Å²) in [5.74, 6) is -0.303. The molecule has 1 fully saturated rings. The Morgan fingerprint density at radius 1 is 1.48 bits per heavy atom. The maximum Gasteiger partial charge on any atom is 0.241 e. The third-order valence-electron chi connectivity index (χ3n) is 3.60. The SMILES string of the molecule is CCN(C(=O)CN1CCOC(CN)C1)c1ccc(F)cc1. The molecule has 1 unspecified atom stereocenters. The first kappa shape index (κ1) is 15.9. The third kappa shape index (κ3) is 4.23. The lowest BCUT2D eigenvalue weighted by Crippen LogP contribution is -2.49. The molecule has 1 amide bonds. The van der Waals surface area contributed by atoms with Crippen LogP contribution in [-0.4, -0.2) is 56.2 Å². The monoisotopic (exact) mass is 295 g/mol. The number of ether oxygens (including phenoxy) is 1. The van der Waals surface area contributed by atoms with Crippen LogP contribution >= 0.6 is 0 Å². The van der Waals surface area contributed by atoms with Crippen LogP contribution in [0.2, 0.25) is 0 Å². The number of hydrogen-bond donors (Lipinski definition) is 1. The minimum atomic E-state index is -0.304. The maximum absolute atomic E-state index is 13.0. The summed E-state index contributed by atoms with van der Waals surface area (Å²) < 4.78 is 18.5. The van der Waals surface area contributed by atoms with Crippen LogP contribution in [0.1, 0.15) is 6.92 Å². The van der Waals surface area contributed by atoms with Crippen LogP contribution in [0.4, 0.5) is 10.1 Å². The van der Waals surface area contributed by atoms with Gasteiger partial charge in [0.1, 0.15) is 5.82 Å². The van der Waals surface area contributed by atoms with Crippen LogP contribution in [0.5, 0.6) is 0 Å². The highest BCUT2D eigenvalue weighted by atomic mass is 19.1. The predicted octanol–water partition coefficient (Wildman–Crippen LogP) is 0.838. The zero-order chi connectivity index (χ0) is 15.2. The van der Waals surface area contributed by atoms with Gasteiger partial charge in [0, 0.05) is 31.9 Å². The van der Waals surface area contributed by atoms with Crippen LogP contribution in [0.3, 0.4) is 0 Å². The normalized spacial score (nSPS) is 19.5. The Labute approximate surface area is 124 Å². The third-order valence-corrected chi connectivity index (χ3v) is 3.60. The molecule has 5 nitrogen and oxygen atoms in total. The summed E-state index contributed by atoms with van der Waals surface area (Å²) in [6.45, 7) is 5.23. The molecule has 1 heterocycles. The van der Waals surface area contributed by atoms with Crippen molar-refractivity contribution < 1.29 is 13.9 Å². The van der Waals surface area contributed by atoms with Gasteiger partial charge in [-0.3, -0.25) is 9.69 Å². The molecular weight excluding hydrogens is 273 g/mol. The molecule has 1 aromatic rings. The average Bonchev–Trinajstić information content (AvgIpc) is 2.50. The first-order chi connectivity index (χ1) is 10.1. The van der Waals surface area contributed by atoms with Crippen molar-refractivity contribution in [1.29, 1.82) is 0 Å². The number of morpholine rings is 1. The molecule has 116 valence electrons. The van der Waals surface area contributed by atoms with Crippen LogP contribution in [0.25, 0.3) is 0 Å². The first-order valence-electron chi connectivity index (χ1n) is 7.24. The van der Waals surface area contributed by atoms with Crippen molar-refractivity contribution in [3.63, 3.8) is 0 Å². The molecule has 0 aliphatic carbocycles. The fourth-order valence-corrected chi connectivity index (χ4v) is 2.47. The zero-order valence-corrected chi connectivity index (χ0v) is 12.3. The van der Waals surface area contributed by atoms with Crippen molar-refractivity contribution in [1.82, 2.24) is 4.90 Å². The molecule has 1 atom stereocenters. The predicted molar refractivity (Wildman–Crippen MR) is 79.7 cm³/mol. The van der Waals surface area contributed by atoms with Gasteiger partial charge in [0.2, 0.25) is 5.91 Å². The second-order valence-corrected chi connectivity index (χ2v) is 5.08. The fraction of sp³-hybridized carbons (Fsp3) is 0.533. The van der Waals surface area contributed by atoms with Crippen LogP contribution < -0.4 is 10.6 Å². The van der Waals surface area contributed by atoms with E-state index in [1.54, 1.807) is 17.0 Å². The quantitative estimate of drug-likeness (QED) is 0.874. The van der Waals surface area contributed by atoms with E-state index < -0.39 is 0 Å². The largest absolute Gasteiger partial charge is 0.374 e. The Kier molecular flexibility index (Phi) is 5.67. The van der Waals surface area contributed by atoms with Crippen molar-refractivity contribution in [2.45, 2.75) is 13.0 Å². The van der Waals surface area contributed by atoms with Crippen LogP contribution in [0, 0.1) is 5.82 Å². The van der Waals surface area contributed by atoms with E-state index in [1.807, 2.05) is 6.92 Å². The van der Waals surface area contributed by atoms with Gasteiger partial charge < -0.3 is 15.4 Å². The van der Waals surface area contributed by atoms with Gasteiger partial charge in [0.25, 0.3) is 0 Å². The molecule has 0 radical (unpaired) electrons. The summed E-state index contributed by atoms with van der Waals surface area (Å²) in [6.07, 6.45) is -0.00699. The minimum Gasteiger partial charge on any atom is -0.374 e. The summed E-state index contributed by atoms with van der Waals surface area (Å²) in [4.78, 5) is 16.2. The molecule has 0 saturated carbocycles. The highest BCUT2D eigenvalue weighted by molar-refractivity contribution is 5.94. The minimum absolute atomic E-state index is 0.00165. The molecule has 21 heavy (non-hydrogen) atoms. The number of nitrogens with zero attached hydrogens (tertiary/aromatic N) is 2. The van der Waals surface area contributed by atoms with Crippen molar-refractivity contribution in [2.24, 2.45) is 5.73 Å². The van der Waals surface area contributed by atoms with Crippen molar-refractivity contribution in [3.05, 3.63) is 30.1 Å². The Hall–Kier alpha value is -1.50. The number of anilines is 1. The summed E-state index contributed by atoms with van der Waals surface area (Å²) in [5, 5.41) is 0. The Balaban J connectivity index is 1.98. The van der Waals surface area contributed by atoms with Gasteiger partial charge in [0.15, 0.2) is 0 Å². The van der Waals surface area contributed by atoms with Crippen molar-refractivity contribution in [2.75, 3.05) is 44.2 Å². The van der Waals surface area contributed by atoms with E-state index in [4.69, 9.17) is 10.5 Å². The van der Waals surface area contributed by atoms with Gasteiger partial charge in [0.05, 0.1) is 19.3 Å². The molecule has 2 N–H and O–H groups in total. The van der Waals surface area contributed by atoms with Gasteiger partial charge >= 0.3 is 0 Å². The number of hydrogen-bond acceptors (Lipinski definition) is 4. The summed E-state index contributed by atoms with van der Waals surface area (Å²) in [5.41, 5.74) is 6.32. The van der Waals surface area contributed by atoms with Gasteiger partial charge in [-0.15, -0.1) is 0 Å². The Morgan fingerprint density at radius 2 is 2.19 bits per heavy atom. The molecule has 1 aliphatic rings. The topological polar surface area (TPSA) is 58.8 Å². The summed E-state index contributed by atoms with van der Waals surface area (Å²) >= 11 is 0. The van der Waals surface area contributed by atoms with E-state index in [-0.39, 0.29) is 17.8 Å². The number of amides is 1. The highest BCUT2D eigenvalue weighted by Crippen LogP contribution is 2.15. The molecule has 2 rings (SSSR count). The maximum atomic E-state index is 13.0. The van der Waals surface area contributed by atoms with E-state index in [1.165, 1.54) is 12.1 Å². The van der Waals surface area contributed by atoms with Gasteiger partial charge in [-0.1, -0.05) is 0 Å². The average molecular weight is 295 g/mol. The van der Waals surface area contributed by atoms with E-state index in [9.17, 15) is 9.18 Å². The first-order valence-corrected chi connectivity index (χ1v) is 7.24. The standard InChI is InChI=1S/C15H22FN3O2/c1-2-19(13-5-3-12(16)4-6-13)15(20)11-18-7-8-21-14(9-17)10-18/h3-6,14H,2,7-11,17H2,1H3. The molecular formula is C15H22FN3O2. The molecule has 1 aromatic carbocycles. The Bertz CT molecular complexity index is 466. The van der Waals surface area contributed by atoms with Gasteiger partial charge in [-0.05, 0) is 31.2 Å². The molecule has 6 heteroatoms. The smallest absolute Gasteiger partial charge is 0.241 e. The second kappa shape index (κ2) is 7.49. The molecule has 0 bridgehead atoms. The second-order valence-electron chi connectivity index (χ2n) is 5.08. The van der Waals surface area contributed by atoms with Crippen molar-refractivity contribution in [3.8, 4) is 0 Å². The molecule has 1 aliphatic heterocycles. The highest BCUT2D eigenvalue weighted by Gasteiger charge is 2.23. The summed E-state index contributed by atoms with van der Waals surface area (Å²) in [6, 6.07) is 5.98. The van der Waals surface area contributed by atoms with Gasteiger partial charge in [-0.2, -0.15) is 0 Å². The summed E-state index contributed by atoms with van der Waals surface area (Å²) in [7, 11) is 0. The molecule has 1 saturated heterocycles. The van der Waals surface area contributed by atoms with Crippen LogP contribution in [-0.2, 0) is 9.53 Å². The van der Waals surface area contributed by atoms with Crippen LogP contribution in [0.15, 0.2) is 24.3 Å². The van der Waals surface area contributed by atoms with E-state index >= 15 is 0 Å². The van der Waals surface area contributed by atoms with Crippen molar-refractivity contribution >= 4 is 11.6 Å². The van der Waals surface area contributed by atoms with E-state index in [0.29, 0.717) is 38.5 Å². The van der Waals surface area contributed by atoms with E-state index in [2.05, 4.69) is 4.90 Å². The molecule has 0 spiro atoms. The number of benzene rings is 1. The lowest BCUT2D eigenvalue weighted by atomic mass is 10.2. The lowest BCUT2D eigenvalue weighted by molar-refractivity contribution is -0.121. The number of carbonyl (C=O) groups is 1. The number of likely N-dealkylation sites (N-methyl/N-ethyl adjacent to an activating group) is 1. The number of carbonyl (C=O) groups excluding carboxylic acids is 1. The van der Waals surface area contributed by atoms with Gasteiger partial charge in [-0.25, -0.2) is 4.39 Å². The number of rotatable bonds is 5. The lowest BCUT2D eigenvalue weighted by Gasteiger charge is -2.33. The Morgan fingerprint density at radius 3 is 2.81 bits per heavy atom. The fourth-order valence-electron chi connectivity index (χ4n) is 2.47. The van der Waals surface area contributed by atoms with E-state index in [0.717, 1.165) is 6.54 Å². The molecule has 0 aromatic heterocycles. The number of halogens is 1. The number of nitrogens with two attached hydrogens (primary N) is 1.